The van der Waals surface area contributed by atoms with Gasteiger partial charge in [-0.3, -0.25) is 4.79 Å². The van der Waals surface area contributed by atoms with Crippen LogP contribution in [0.15, 0.2) is 36.5 Å². The van der Waals surface area contributed by atoms with E-state index in [9.17, 15) is 4.79 Å². The normalized spacial score (nSPS) is 20.1. The molecule has 2 atom stereocenters. The molecule has 1 aliphatic rings. The second-order valence-corrected chi connectivity index (χ2v) is 6.03. The highest BCUT2D eigenvalue weighted by Crippen LogP contribution is 2.27. The molecule has 124 valence electrons. The summed E-state index contributed by atoms with van der Waals surface area (Å²) in [5, 5.41) is 7.42. The third-order valence-corrected chi connectivity index (χ3v) is 4.31. The number of carbonyl (C=O) groups excluding carboxylic acids is 1. The number of hydrogen-bond acceptors (Lipinski definition) is 3. The fourth-order valence-corrected chi connectivity index (χ4v) is 3.09. The van der Waals surface area contributed by atoms with Gasteiger partial charge in [0.2, 0.25) is 5.91 Å². The van der Waals surface area contributed by atoms with E-state index in [4.69, 9.17) is 5.73 Å². The van der Waals surface area contributed by atoms with Gasteiger partial charge in [0.25, 0.3) is 0 Å². The van der Waals surface area contributed by atoms with Crippen LogP contribution in [0.2, 0.25) is 0 Å². The summed E-state index contributed by atoms with van der Waals surface area (Å²) in [5.74, 6) is 0.331. The quantitative estimate of drug-likeness (QED) is 0.902. The van der Waals surface area contributed by atoms with Gasteiger partial charge in [-0.05, 0) is 43.9 Å². The van der Waals surface area contributed by atoms with Crippen molar-refractivity contribution in [2.75, 3.05) is 5.32 Å². The predicted octanol–water partition coefficient (Wildman–Crippen LogP) is 3.06. The van der Waals surface area contributed by atoms with E-state index in [1.165, 1.54) is 0 Å². The maximum Gasteiger partial charge on any atom is 0.224 e. The van der Waals surface area contributed by atoms with E-state index in [1.54, 1.807) is 4.68 Å². The van der Waals surface area contributed by atoms with Crippen LogP contribution >= 0.6 is 12.4 Å². The Morgan fingerprint density at radius 1 is 1.35 bits per heavy atom. The van der Waals surface area contributed by atoms with Crippen molar-refractivity contribution < 1.29 is 4.79 Å². The highest BCUT2D eigenvalue weighted by molar-refractivity contribution is 5.93. The Balaban J connectivity index is 0.00000192. The second kappa shape index (κ2) is 7.62. The van der Waals surface area contributed by atoms with Gasteiger partial charge in [0.1, 0.15) is 0 Å². The maximum absolute atomic E-state index is 12.3. The number of nitrogens with one attached hydrogen (secondary N) is 1. The molecule has 6 heteroatoms. The van der Waals surface area contributed by atoms with Crippen LogP contribution in [0, 0.1) is 12.8 Å². The number of para-hydroxylation sites is 2. The molecule has 1 aromatic carbocycles. The number of amides is 1. The molecule has 0 spiro atoms. The van der Waals surface area contributed by atoms with Gasteiger partial charge in [-0.1, -0.05) is 18.6 Å². The molecule has 1 fully saturated rings. The first-order chi connectivity index (χ1) is 10.6. The summed E-state index contributed by atoms with van der Waals surface area (Å²) in [7, 11) is 0. The molecule has 3 N–H and O–H groups in total. The number of anilines is 1. The van der Waals surface area contributed by atoms with Gasteiger partial charge in [0, 0.05) is 18.7 Å². The zero-order valence-electron chi connectivity index (χ0n) is 13.2. The largest absolute Gasteiger partial charge is 0.327 e. The van der Waals surface area contributed by atoms with Crippen molar-refractivity contribution in [3.8, 4) is 5.69 Å². The topological polar surface area (TPSA) is 72.9 Å². The van der Waals surface area contributed by atoms with Crippen molar-refractivity contribution in [1.29, 1.82) is 0 Å². The molecule has 2 aromatic rings. The Kier molecular flexibility index (Phi) is 5.80. The summed E-state index contributed by atoms with van der Waals surface area (Å²) in [4.78, 5) is 12.3. The lowest BCUT2D eigenvalue weighted by atomic mass is 10.00. The molecule has 23 heavy (non-hydrogen) atoms. The molecule has 1 aromatic heterocycles. The molecule has 1 heterocycles. The molecule has 0 saturated heterocycles. The lowest BCUT2D eigenvalue weighted by molar-refractivity contribution is -0.117. The van der Waals surface area contributed by atoms with Crippen LogP contribution in [-0.4, -0.2) is 21.7 Å². The number of carbonyl (C=O) groups is 1. The lowest BCUT2D eigenvalue weighted by Gasteiger charge is -2.16. The number of aromatic nitrogens is 2. The first kappa shape index (κ1) is 17.5. The van der Waals surface area contributed by atoms with Gasteiger partial charge in [-0.25, -0.2) is 4.68 Å². The molecule has 0 bridgehead atoms. The van der Waals surface area contributed by atoms with E-state index >= 15 is 0 Å². The van der Waals surface area contributed by atoms with Crippen molar-refractivity contribution in [1.82, 2.24) is 9.78 Å². The smallest absolute Gasteiger partial charge is 0.224 e. The Morgan fingerprint density at radius 2 is 2.13 bits per heavy atom. The van der Waals surface area contributed by atoms with E-state index in [-0.39, 0.29) is 24.4 Å². The van der Waals surface area contributed by atoms with Gasteiger partial charge in [0.05, 0.1) is 17.1 Å². The number of benzene rings is 1. The molecule has 0 aliphatic heterocycles. The Morgan fingerprint density at radius 3 is 2.78 bits per heavy atom. The van der Waals surface area contributed by atoms with Gasteiger partial charge in [-0.2, -0.15) is 5.10 Å². The van der Waals surface area contributed by atoms with Crippen LogP contribution in [0.5, 0.6) is 0 Å². The monoisotopic (exact) mass is 334 g/mol. The van der Waals surface area contributed by atoms with Crippen LogP contribution in [-0.2, 0) is 4.79 Å². The van der Waals surface area contributed by atoms with Gasteiger partial charge in [0.15, 0.2) is 0 Å². The SMILES string of the molecule is Cc1ccn(-c2ccccc2NC(=O)C[C@@H]2CCC[C@H]2N)n1.Cl. The zero-order valence-corrected chi connectivity index (χ0v) is 14.1. The van der Waals surface area contributed by atoms with Crippen LogP contribution in [0.4, 0.5) is 5.69 Å². The molecule has 0 radical (unpaired) electrons. The summed E-state index contributed by atoms with van der Waals surface area (Å²) in [5.41, 5.74) is 8.65. The minimum Gasteiger partial charge on any atom is -0.327 e. The average molecular weight is 335 g/mol. The van der Waals surface area contributed by atoms with Crippen molar-refractivity contribution in [2.45, 2.75) is 38.6 Å². The van der Waals surface area contributed by atoms with E-state index < -0.39 is 0 Å². The average Bonchev–Trinajstić information content (AvgIpc) is 3.09. The van der Waals surface area contributed by atoms with Crippen LogP contribution < -0.4 is 11.1 Å². The minimum atomic E-state index is 0. The van der Waals surface area contributed by atoms with Gasteiger partial charge >= 0.3 is 0 Å². The van der Waals surface area contributed by atoms with E-state index in [0.717, 1.165) is 36.3 Å². The second-order valence-electron chi connectivity index (χ2n) is 6.03. The molecule has 3 rings (SSSR count). The summed E-state index contributed by atoms with van der Waals surface area (Å²) < 4.78 is 1.78. The van der Waals surface area contributed by atoms with E-state index in [1.807, 2.05) is 43.5 Å². The standard InChI is InChI=1S/C17H22N4O.ClH/c1-12-9-10-21(20-12)16-8-3-2-7-15(16)19-17(22)11-13-5-4-6-14(13)18;/h2-3,7-10,13-14H,4-6,11,18H2,1H3,(H,19,22);1H/t13-,14+;/m0./s1. The third kappa shape index (κ3) is 4.12. The Labute approximate surface area is 142 Å². The number of rotatable bonds is 4. The summed E-state index contributed by atoms with van der Waals surface area (Å²) in [6, 6.07) is 9.80. The third-order valence-electron chi connectivity index (χ3n) is 4.31. The fourth-order valence-electron chi connectivity index (χ4n) is 3.09. The molecular formula is C17H23ClN4O. The number of nitrogens with two attached hydrogens (primary N) is 1. The minimum absolute atomic E-state index is 0. The summed E-state index contributed by atoms with van der Waals surface area (Å²) in [6.45, 7) is 1.94. The fraction of sp³-hybridized carbons (Fsp3) is 0.412. The first-order valence-corrected chi connectivity index (χ1v) is 7.80. The lowest BCUT2D eigenvalue weighted by Crippen LogP contribution is -2.28. The van der Waals surface area contributed by atoms with Crippen LogP contribution in [0.1, 0.15) is 31.4 Å². The van der Waals surface area contributed by atoms with Gasteiger partial charge < -0.3 is 11.1 Å². The van der Waals surface area contributed by atoms with Crippen molar-refractivity contribution >= 4 is 24.0 Å². The Hall–Kier alpha value is -1.85. The number of aryl methyl sites for hydroxylation is 1. The zero-order chi connectivity index (χ0) is 15.5. The molecule has 5 nitrogen and oxygen atoms in total. The first-order valence-electron chi connectivity index (χ1n) is 7.80. The molecular weight excluding hydrogens is 312 g/mol. The van der Waals surface area contributed by atoms with Crippen molar-refractivity contribution in [3.63, 3.8) is 0 Å². The highest BCUT2D eigenvalue weighted by Gasteiger charge is 2.26. The van der Waals surface area contributed by atoms with Crippen LogP contribution in [0.25, 0.3) is 5.69 Å². The number of hydrogen-bond donors (Lipinski definition) is 2. The maximum atomic E-state index is 12.3. The summed E-state index contributed by atoms with van der Waals surface area (Å²) >= 11 is 0. The molecule has 1 saturated carbocycles. The highest BCUT2D eigenvalue weighted by atomic mass is 35.5. The van der Waals surface area contributed by atoms with Crippen molar-refractivity contribution in [2.24, 2.45) is 11.7 Å². The molecule has 0 unspecified atom stereocenters. The predicted molar refractivity (Wildman–Crippen MR) is 94.1 cm³/mol. The van der Waals surface area contributed by atoms with Gasteiger partial charge in [-0.15, -0.1) is 12.4 Å². The van der Waals surface area contributed by atoms with Crippen molar-refractivity contribution in [3.05, 3.63) is 42.2 Å². The van der Waals surface area contributed by atoms with Crippen LogP contribution in [0.3, 0.4) is 0 Å². The number of halogens is 1. The summed E-state index contributed by atoms with van der Waals surface area (Å²) in [6.07, 6.45) is 5.60. The molecule has 1 aliphatic carbocycles. The molecule has 1 amide bonds. The van der Waals surface area contributed by atoms with E-state index in [0.29, 0.717) is 12.3 Å². The Bertz CT molecular complexity index is 670. The van der Waals surface area contributed by atoms with E-state index in [2.05, 4.69) is 10.4 Å². The number of nitrogens with zero attached hydrogens (tertiary/aromatic N) is 2.